The Kier molecular flexibility index (Phi) is 3.44. The highest BCUT2D eigenvalue weighted by Gasteiger charge is 2.33. The molecular weight excluding hydrogens is 256 g/mol. The first-order valence-corrected chi connectivity index (χ1v) is 6.98. The number of hydrogen-bond donors (Lipinski definition) is 2. The zero-order chi connectivity index (χ0) is 14.1. The summed E-state index contributed by atoms with van der Waals surface area (Å²) in [5.74, 6) is -1.17. The third kappa shape index (κ3) is 2.67. The van der Waals surface area contributed by atoms with E-state index >= 15 is 0 Å². The van der Waals surface area contributed by atoms with Gasteiger partial charge < -0.3 is 10.4 Å². The van der Waals surface area contributed by atoms with Crippen LogP contribution in [0, 0.1) is 5.92 Å². The number of fused-ring (bicyclic) bond motifs is 1. The second kappa shape index (κ2) is 5.25. The van der Waals surface area contributed by atoms with Gasteiger partial charge in [0, 0.05) is 18.8 Å². The summed E-state index contributed by atoms with van der Waals surface area (Å²) in [6.45, 7) is 1.20. The maximum Gasteiger partial charge on any atom is 0.309 e. The van der Waals surface area contributed by atoms with Crippen LogP contribution in [0.5, 0.6) is 0 Å². The van der Waals surface area contributed by atoms with Gasteiger partial charge in [-0.25, -0.2) is 0 Å². The van der Waals surface area contributed by atoms with E-state index in [0.717, 1.165) is 18.5 Å². The van der Waals surface area contributed by atoms with Crippen LogP contribution in [0.25, 0.3) is 0 Å². The summed E-state index contributed by atoms with van der Waals surface area (Å²) in [5, 5.41) is 11.7. The maximum atomic E-state index is 11.9. The number of aliphatic carboxylic acids is 1. The summed E-state index contributed by atoms with van der Waals surface area (Å²) < 4.78 is 0. The van der Waals surface area contributed by atoms with Gasteiger partial charge in [0.05, 0.1) is 12.5 Å². The highest BCUT2D eigenvalue weighted by atomic mass is 16.4. The van der Waals surface area contributed by atoms with Crippen molar-refractivity contribution >= 4 is 17.6 Å². The lowest BCUT2D eigenvalue weighted by atomic mass is 10.0. The number of aryl methyl sites for hydroxylation is 2. The monoisotopic (exact) mass is 274 g/mol. The molecule has 0 aromatic heterocycles. The zero-order valence-electron chi connectivity index (χ0n) is 11.3. The fourth-order valence-corrected chi connectivity index (χ4v) is 2.91. The SMILES string of the molecule is O=C(CN1CC(C(=O)O)C1)Nc1ccc2c(c1)CCC2. The Bertz CT molecular complexity index is 550. The number of likely N-dealkylation sites (tertiary alicyclic amines) is 1. The van der Waals surface area contributed by atoms with E-state index in [1.54, 1.807) is 0 Å². The largest absolute Gasteiger partial charge is 0.481 e. The first-order chi connectivity index (χ1) is 9.61. The summed E-state index contributed by atoms with van der Waals surface area (Å²) in [7, 11) is 0. The number of carboxylic acid groups (broad SMARTS) is 1. The Balaban J connectivity index is 1.51. The van der Waals surface area contributed by atoms with E-state index < -0.39 is 5.97 Å². The van der Waals surface area contributed by atoms with Gasteiger partial charge in [-0.15, -0.1) is 0 Å². The molecule has 1 fully saturated rings. The van der Waals surface area contributed by atoms with Crippen LogP contribution in [0.15, 0.2) is 18.2 Å². The molecule has 0 atom stereocenters. The normalized spacial score (nSPS) is 18.4. The van der Waals surface area contributed by atoms with Gasteiger partial charge in [0.15, 0.2) is 0 Å². The van der Waals surface area contributed by atoms with E-state index in [0.29, 0.717) is 13.1 Å². The van der Waals surface area contributed by atoms with Crippen molar-refractivity contribution < 1.29 is 14.7 Å². The summed E-state index contributed by atoms with van der Waals surface area (Å²) in [5.41, 5.74) is 3.55. The number of nitrogens with zero attached hydrogens (tertiary/aromatic N) is 1. The van der Waals surface area contributed by atoms with Crippen molar-refractivity contribution in [3.8, 4) is 0 Å². The van der Waals surface area contributed by atoms with Crippen molar-refractivity contribution in [3.05, 3.63) is 29.3 Å². The van der Waals surface area contributed by atoms with Crippen LogP contribution in [0.4, 0.5) is 5.69 Å². The van der Waals surface area contributed by atoms with Gasteiger partial charge in [-0.3, -0.25) is 14.5 Å². The maximum absolute atomic E-state index is 11.9. The van der Waals surface area contributed by atoms with Gasteiger partial charge >= 0.3 is 5.97 Å². The van der Waals surface area contributed by atoms with Crippen LogP contribution in [0.1, 0.15) is 17.5 Å². The molecule has 1 heterocycles. The number of carboxylic acids is 1. The molecule has 1 aromatic carbocycles. The number of rotatable bonds is 4. The molecule has 1 aliphatic heterocycles. The molecule has 0 saturated carbocycles. The molecule has 0 radical (unpaired) electrons. The van der Waals surface area contributed by atoms with Gasteiger partial charge in [-0.2, -0.15) is 0 Å². The average molecular weight is 274 g/mol. The molecule has 1 aromatic rings. The minimum absolute atomic E-state index is 0.0771. The van der Waals surface area contributed by atoms with Gasteiger partial charge in [-0.05, 0) is 42.5 Å². The number of amides is 1. The molecule has 5 heteroatoms. The van der Waals surface area contributed by atoms with Crippen molar-refractivity contribution in [1.29, 1.82) is 0 Å². The van der Waals surface area contributed by atoms with Gasteiger partial charge in [0.25, 0.3) is 0 Å². The van der Waals surface area contributed by atoms with E-state index in [9.17, 15) is 9.59 Å². The van der Waals surface area contributed by atoms with E-state index in [1.807, 2.05) is 11.0 Å². The molecular formula is C15H18N2O3. The van der Waals surface area contributed by atoms with E-state index in [2.05, 4.69) is 17.4 Å². The van der Waals surface area contributed by atoms with Gasteiger partial charge in [0.1, 0.15) is 0 Å². The van der Waals surface area contributed by atoms with Crippen LogP contribution in [0.3, 0.4) is 0 Å². The predicted octanol–water partition coefficient (Wildman–Crippen LogP) is 1.13. The number of nitrogens with one attached hydrogen (secondary N) is 1. The van der Waals surface area contributed by atoms with Crippen LogP contribution >= 0.6 is 0 Å². The highest BCUT2D eigenvalue weighted by molar-refractivity contribution is 5.92. The Morgan fingerprint density at radius 2 is 2.00 bits per heavy atom. The molecule has 3 rings (SSSR count). The standard InChI is InChI=1S/C15H18N2O3/c18-14(9-17-7-12(8-17)15(19)20)16-13-5-4-10-2-1-3-11(10)6-13/h4-6,12H,1-3,7-9H2,(H,16,18)(H,19,20). The molecule has 1 aliphatic carbocycles. The molecule has 0 unspecified atom stereocenters. The van der Waals surface area contributed by atoms with E-state index in [1.165, 1.54) is 17.5 Å². The molecule has 2 aliphatic rings. The lowest BCUT2D eigenvalue weighted by Crippen LogP contribution is -2.52. The van der Waals surface area contributed by atoms with Crippen LogP contribution in [0.2, 0.25) is 0 Å². The van der Waals surface area contributed by atoms with Gasteiger partial charge in [-0.1, -0.05) is 6.07 Å². The summed E-state index contributed by atoms with van der Waals surface area (Å²) in [4.78, 5) is 24.4. The first-order valence-electron chi connectivity index (χ1n) is 6.98. The lowest BCUT2D eigenvalue weighted by Gasteiger charge is -2.35. The average Bonchev–Trinajstić information content (AvgIpc) is 2.80. The Morgan fingerprint density at radius 3 is 2.75 bits per heavy atom. The van der Waals surface area contributed by atoms with Crippen molar-refractivity contribution in [3.63, 3.8) is 0 Å². The topological polar surface area (TPSA) is 69.6 Å². The molecule has 0 bridgehead atoms. The second-order valence-electron chi connectivity index (χ2n) is 5.61. The third-order valence-corrected chi connectivity index (χ3v) is 4.06. The Hall–Kier alpha value is -1.88. The predicted molar refractivity (Wildman–Crippen MR) is 74.7 cm³/mol. The minimum Gasteiger partial charge on any atom is -0.481 e. The highest BCUT2D eigenvalue weighted by Crippen LogP contribution is 2.25. The summed E-state index contributed by atoms with van der Waals surface area (Å²) in [6, 6.07) is 6.08. The quantitative estimate of drug-likeness (QED) is 0.863. The number of benzene rings is 1. The summed E-state index contributed by atoms with van der Waals surface area (Å²) >= 11 is 0. The molecule has 5 nitrogen and oxygen atoms in total. The second-order valence-corrected chi connectivity index (χ2v) is 5.61. The van der Waals surface area contributed by atoms with Crippen LogP contribution in [-0.4, -0.2) is 41.5 Å². The van der Waals surface area contributed by atoms with Crippen molar-refractivity contribution in [2.45, 2.75) is 19.3 Å². The molecule has 1 amide bonds. The third-order valence-electron chi connectivity index (χ3n) is 4.06. The number of carbonyl (C=O) groups is 2. The van der Waals surface area contributed by atoms with Crippen molar-refractivity contribution in [2.75, 3.05) is 25.0 Å². The number of anilines is 1. The Morgan fingerprint density at radius 1 is 1.25 bits per heavy atom. The molecule has 20 heavy (non-hydrogen) atoms. The van der Waals surface area contributed by atoms with E-state index in [-0.39, 0.29) is 18.4 Å². The first kappa shape index (κ1) is 13.1. The van der Waals surface area contributed by atoms with E-state index in [4.69, 9.17) is 5.11 Å². The minimum atomic E-state index is -0.778. The molecule has 2 N–H and O–H groups in total. The fraction of sp³-hybridized carbons (Fsp3) is 0.467. The Labute approximate surface area is 117 Å². The lowest BCUT2D eigenvalue weighted by molar-refractivity contribution is -0.148. The van der Waals surface area contributed by atoms with Crippen molar-refractivity contribution in [1.82, 2.24) is 4.90 Å². The number of hydrogen-bond acceptors (Lipinski definition) is 3. The summed E-state index contributed by atoms with van der Waals surface area (Å²) in [6.07, 6.45) is 3.41. The zero-order valence-corrected chi connectivity index (χ0v) is 11.3. The fourth-order valence-electron chi connectivity index (χ4n) is 2.91. The number of carbonyl (C=O) groups excluding carboxylic acids is 1. The molecule has 106 valence electrons. The molecule has 0 spiro atoms. The smallest absolute Gasteiger partial charge is 0.309 e. The van der Waals surface area contributed by atoms with Crippen LogP contribution in [-0.2, 0) is 22.4 Å². The van der Waals surface area contributed by atoms with Gasteiger partial charge in [0.2, 0.25) is 5.91 Å². The van der Waals surface area contributed by atoms with Crippen molar-refractivity contribution in [2.24, 2.45) is 5.92 Å². The van der Waals surface area contributed by atoms with Crippen LogP contribution < -0.4 is 5.32 Å². The molecule has 1 saturated heterocycles.